The molecule has 5 aliphatic rings. The molecule has 26 heavy (non-hydrogen) atoms. The van der Waals surface area contributed by atoms with Gasteiger partial charge < -0.3 is 5.32 Å². The van der Waals surface area contributed by atoms with Gasteiger partial charge in [0.15, 0.2) is 0 Å². The maximum absolute atomic E-state index is 12.9. The topological polar surface area (TPSA) is 66.5 Å². The third kappa shape index (κ3) is 2.19. The summed E-state index contributed by atoms with van der Waals surface area (Å²) in [6.45, 7) is 1.63. The van der Waals surface area contributed by atoms with E-state index in [2.05, 4.69) is 17.5 Å². The van der Waals surface area contributed by atoms with Crippen molar-refractivity contribution in [2.75, 3.05) is 11.9 Å². The van der Waals surface area contributed by atoms with E-state index in [4.69, 9.17) is 11.6 Å². The number of hydrogen-bond acceptors (Lipinski definition) is 3. The number of anilines is 1. The van der Waals surface area contributed by atoms with E-state index < -0.39 is 0 Å². The van der Waals surface area contributed by atoms with Crippen molar-refractivity contribution >= 4 is 35.0 Å². The largest absolute Gasteiger partial charge is 0.324 e. The van der Waals surface area contributed by atoms with E-state index in [-0.39, 0.29) is 47.9 Å². The molecule has 1 aromatic rings. The fraction of sp³-hybridized carbons (Fsp3) is 0.450. The number of halogens is 1. The lowest BCUT2D eigenvalue weighted by molar-refractivity contribution is -0.142. The molecule has 0 unspecified atom stereocenters. The van der Waals surface area contributed by atoms with Crippen molar-refractivity contribution in [1.29, 1.82) is 0 Å². The van der Waals surface area contributed by atoms with Gasteiger partial charge in [-0.15, -0.1) is 0 Å². The van der Waals surface area contributed by atoms with E-state index in [0.717, 1.165) is 12.0 Å². The number of nitrogens with zero attached hydrogens (tertiary/aromatic N) is 1. The molecule has 1 aliphatic heterocycles. The molecule has 3 amide bonds. The number of carbonyl (C=O) groups is 3. The van der Waals surface area contributed by atoms with Gasteiger partial charge in [-0.3, -0.25) is 19.3 Å². The minimum atomic E-state index is -0.374. The van der Waals surface area contributed by atoms with Crippen LogP contribution in [-0.4, -0.2) is 29.2 Å². The Morgan fingerprint density at radius 2 is 1.77 bits per heavy atom. The second-order valence-electron chi connectivity index (χ2n) is 7.92. The summed E-state index contributed by atoms with van der Waals surface area (Å²) in [6.07, 6.45) is 5.39. The van der Waals surface area contributed by atoms with Crippen LogP contribution in [-0.2, 0) is 14.4 Å². The number of benzene rings is 1. The molecule has 2 bridgehead atoms. The Labute approximate surface area is 156 Å². The van der Waals surface area contributed by atoms with Gasteiger partial charge in [-0.2, -0.15) is 0 Å². The Balaban J connectivity index is 1.34. The quantitative estimate of drug-likeness (QED) is 0.657. The Morgan fingerprint density at radius 3 is 2.38 bits per heavy atom. The Bertz CT molecular complexity index is 844. The van der Waals surface area contributed by atoms with Crippen molar-refractivity contribution in [2.24, 2.45) is 35.5 Å². The third-order valence-electron chi connectivity index (χ3n) is 6.53. The standard InChI is InChI=1S/C20H19ClN2O3/c1-9-2-3-10(21)6-15(9)22-16(24)8-23-19(25)17-11-4-5-12(14-7-13(11)14)18(17)20(23)26/h2-6,11-14,17-18H,7-8H2,1H3,(H,22,24)/t11-,12-,13-,14-,17-,18+/m1/s1. The molecule has 0 aromatic heterocycles. The van der Waals surface area contributed by atoms with Crippen LogP contribution in [0.4, 0.5) is 5.69 Å². The van der Waals surface area contributed by atoms with Crippen LogP contribution in [0.2, 0.25) is 5.02 Å². The smallest absolute Gasteiger partial charge is 0.244 e. The summed E-state index contributed by atoms with van der Waals surface area (Å²) in [7, 11) is 0. The molecule has 5 nitrogen and oxygen atoms in total. The molecule has 134 valence electrons. The van der Waals surface area contributed by atoms with Crippen molar-refractivity contribution in [2.45, 2.75) is 13.3 Å². The molecule has 0 spiro atoms. The zero-order valence-electron chi connectivity index (χ0n) is 14.3. The summed E-state index contributed by atoms with van der Waals surface area (Å²) in [4.78, 5) is 39.4. The van der Waals surface area contributed by atoms with E-state index in [0.29, 0.717) is 22.5 Å². The molecule has 6 heteroatoms. The predicted octanol–water partition coefficient (Wildman–Crippen LogP) is 2.64. The maximum atomic E-state index is 12.9. The molecule has 2 saturated carbocycles. The summed E-state index contributed by atoms with van der Waals surface area (Å²) < 4.78 is 0. The van der Waals surface area contributed by atoms with E-state index >= 15 is 0 Å². The van der Waals surface area contributed by atoms with E-state index in [1.807, 2.05) is 13.0 Å². The van der Waals surface area contributed by atoms with Crippen LogP contribution in [0.3, 0.4) is 0 Å². The van der Waals surface area contributed by atoms with Crippen LogP contribution >= 0.6 is 11.6 Å². The maximum Gasteiger partial charge on any atom is 0.244 e. The highest BCUT2D eigenvalue weighted by Gasteiger charge is 2.67. The summed E-state index contributed by atoms with van der Waals surface area (Å²) >= 11 is 5.98. The van der Waals surface area contributed by atoms with Crippen molar-refractivity contribution in [3.63, 3.8) is 0 Å². The van der Waals surface area contributed by atoms with Crippen molar-refractivity contribution in [3.05, 3.63) is 40.9 Å². The Kier molecular flexibility index (Phi) is 3.35. The molecule has 1 N–H and O–H groups in total. The third-order valence-corrected chi connectivity index (χ3v) is 6.76. The van der Waals surface area contributed by atoms with Gasteiger partial charge in [0, 0.05) is 10.7 Å². The minimum absolute atomic E-state index is 0.176. The fourth-order valence-electron chi connectivity index (χ4n) is 5.24. The molecule has 0 radical (unpaired) electrons. The number of likely N-dealkylation sites (tertiary alicyclic amines) is 1. The number of nitrogens with one attached hydrogen (secondary N) is 1. The summed E-state index contributed by atoms with van der Waals surface area (Å²) in [5, 5.41) is 3.29. The molecule has 1 heterocycles. The van der Waals surface area contributed by atoms with E-state index in [1.165, 1.54) is 4.90 Å². The number of amides is 3. The summed E-state index contributed by atoms with van der Waals surface area (Å²) in [5.41, 5.74) is 1.47. The van der Waals surface area contributed by atoms with Crippen LogP contribution in [0.1, 0.15) is 12.0 Å². The molecule has 1 aromatic carbocycles. The normalized spacial score (nSPS) is 36.2. The van der Waals surface area contributed by atoms with Crippen LogP contribution in [0, 0.1) is 42.4 Å². The molecule has 1 saturated heterocycles. The van der Waals surface area contributed by atoms with Gasteiger partial charge in [0.2, 0.25) is 17.7 Å². The lowest BCUT2D eigenvalue weighted by Crippen LogP contribution is -2.40. The lowest BCUT2D eigenvalue weighted by Gasteiger charge is -2.37. The van der Waals surface area contributed by atoms with E-state index in [9.17, 15) is 14.4 Å². The van der Waals surface area contributed by atoms with Gasteiger partial charge in [0.1, 0.15) is 6.54 Å². The van der Waals surface area contributed by atoms with E-state index in [1.54, 1.807) is 12.1 Å². The van der Waals surface area contributed by atoms with Crippen LogP contribution < -0.4 is 5.32 Å². The average Bonchev–Trinajstić information content (AvgIpc) is 3.39. The average molecular weight is 371 g/mol. The molecule has 6 rings (SSSR count). The number of carbonyl (C=O) groups excluding carboxylic acids is 3. The summed E-state index contributed by atoms with van der Waals surface area (Å²) in [6, 6.07) is 5.23. The number of allylic oxidation sites excluding steroid dienone is 2. The fourth-order valence-corrected chi connectivity index (χ4v) is 5.41. The van der Waals surface area contributed by atoms with Crippen LogP contribution in [0.15, 0.2) is 30.4 Å². The van der Waals surface area contributed by atoms with Crippen molar-refractivity contribution < 1.29 is 14.4 Å². The number of imide groups is 1. The first kappa shape index (κ1) is 16.1. The van der Waals surface area contributed by atoms with Gasteiger partial charge in [-0.25, -0.2) is 0 Å². The first-order valence-electron chi connectivity index (χ1n) is 9.05. The van der Waals surface area contributed by atoms with Gasteiger partial charge in [-0.05, 0) is 54.7 Å². The molecule has 3 fully saturated rings. The zero-order valence-corrected chi connectivity index (χ0v) is 15.1. The molecular weight excluding hydrogens is 352 g/mol. The van der Waals surface area contributed by atoms with Crippen LogP contribution in [0.5, 0.6) is 0 Å². The summed E-state index contributed by atoms with van der Waals surface area (Å²) in [5.74, 6) is 0.219. The number of rotatable bonds is 3. The highest BCUT2D eigenvalue weighted by molar-refractivity contribution is 6.31. The van der Waals surface area contributed by atoms with Gasteiger partial charge >= 0.3 is 0 Å². The first-order chi connectivity index (χ1) is 12.5. The van der Waals surface area contributed by atoms with Crippen molar-refractivity contribution in [3.8, 4) is 0 Å². The van der Waals surface area contributed by atoms with Gasteiger partial charge in [-0.1, -0.05) is 29.8 Å². The predicted molar refractivity (Wildman–Crippen MR) is 96.2 cm³/mol. The molecule has 6 atom stereocenters. The number of hydrogen-bond donors (Lipinski definition) is 1. The molecular formula is C20H19ClN2O3. The zero-order chi connectivity index (χ0) is 18.2. The van der Waals surface area contributed by atoms with Crippen LogP contribution in [0.25, 0.3) is 0 Å². The highest BCUT2D eigenvalue weighted by atomic mass is 35.5. The highest BCUT2D eigenvalue weighted by Crippen LogP contribution is 2.65. The first-order valence-corrected chi connectivity index (χ1v) is 9.43. The second kappa shape index (κ2) is 5.43. The second-order valence-corrected chi connectivity index (χ2v) is 8.36. The number of aryl methyl sites for hydroxylation is 1. The lowest BCUT2D eigenvalue weighted by atomic mass is 9.63. The molecule has 4 aliphatic carbocycles. The monoisotopic (exact) mass is 370 g/mol. The Hall–Kier alpha value is -2.14. The van der Waals surface area contributed by atoms with Gasteiger partial charge in [0.25, 0.3) is 0 Å². The van der Waals surface area contributed by atoms with Crippen molar-refractivity contribution in [1.82, 2.24) is 4.90 Å². The SMILES string of the molecule is Cc1ccc(Cl)cc1NC(=O)CN1C(=O)[C@@H]2[C@@H]3C=C[C@H]([C@H]4C[C@H]34)[C@@H]2C1=O. The Morgan fingerprint density at radius 1 is 1.15 bits per heavy atom. The minimum Gasteiger partial charge on any atom is -0.324 e. The van der Waals surface area contributed by atoms with Gasteiger partial charge in [0.05, 0.1) is 11.8 Å².